The highest BCUT2D eigenvalue weighted by Crippen LogP contribution is 2.30. The number of anilines is 1. The first-order valence-electron chi connectivity index (χ1n) is 6.63. The lowest BCUT2D eigenvalue weighted by Gasteiger charge is -2.13. The third-order valence-corrected chi connectivity index (χ3v) is 4.03. The van der Waals surface area contributed by atoms with Crippen molar-refractivity contribution >= 4 is 28.4 Å². The number of hydrogen-bond donors (Lipinski definition) is 1. The monoisotopic (exact) mass is 399 g/mol. The normalized spacial score (nSPS) is 10.5. The van der Waals surface area contributed by atoms with Crippen LogP contribution in [0.2, 0.25) is 0 Å². The van der Waals surface area contributed by atoms with Crippen molar-refractivity contribution in [3.8, 4) is 17.1 Å². The molecule has 2 aromatic rings. The molecule has 0 saturated carbocycles. The molecule has 0 aliphatic carbocycles. The van der Waals surface area contributed by atoms with Gasteiger partial charge in [0, 0.05) is 13.7 Å². The van der Waals surface area contributed by atoms with Gasteiger partial charge in [-0.1, -0.05) is 12.1 Å². The fourth-order valence-corrected chi connectivity index (χ4v) is 2.55. The summed E-state index contributed by atoms with van der Waals surface area (Å²) in [5.74, 6) is 2.21. The van der Waals surface area contributed by atoms with Gasteiger partial charge in [-0.3, -0.25) is 0 Å². The van der Waals surface area contributed by atoms with E-state index in [0.717, 1.165) is 32.9 Å². The Balaban J connectivity index is 2.57. The zero-order valence-electron chi connectivity index (χ0n) is 12.3. The van der Waals surface area contributed by atoms with Crippen LogP contribution in [0.15, 0.2) is 24.3 Å². The number of aromatic nitrogens is 2. The fraction of sp³-hybridized carbons (Fsp3) is 0.333. The van der Waals surface area contributed by atoms with Gasteiger partial charge in [-0.05, 0) is 41.6 Å². The van der Waals surface area contributed by atoms with E-state index in [1.165, 1.54) is 0 Å². The molecular weight excluding hydrogens is 381 g/mol. The molecule has 112 valence electrons. The molecule has 0 radical (unpaired) electrons. The van der Waals surface area contributed by atoms with Crippen LogP contribution in [0.25, 0.3) is 11.4 Å². The first-order chi connectivity index (χ1) is 10.2. The van der Waals surface area contributed by atoms with E-state index in [-0.39, 0.29) is 0 Å². The summed E-state index contributed by atoms with van der Waals surface area (Å²) in [6, 6.07) is 7.73. The van der Waals surface area contributed by atoms with E-state index in [1.54, 1.807) is 14.2 Å². The van der Waals surface area contributed by atoms with Crippen LogP contribution in [-0.2, 0) is 11.3 Å². The van der Waals surface area contributed by atoms with Crippen LogP contribution in [0.3, 0.4) is 0 Å². The van der Waals surface area contributed by atoms with Crippen molar-refractivity contribution in [2.75, 3.05) is 26.1 Å². The maximum absolute atomic E-state index is 5.40. The predicted octanol–water partition coefficient (Wildman–Crippen LogP) is 3.34. The largest absolute Gasteiger partial charge is 0.496 e. The summed E-state index contributed by atoms with van der Waals surface area (Å²) in [4.78, 5) is 9.24. The predicted molar refractivity (Wildman–Crippen MR) is 91.6 cm³/mol. The molecule has 1 N–H and O–H groups in total. The van der Waals surface area contributed by atoms with Crippen LogP contribution in [0.1, 0.15) is 12.6 Å². The number of hydrogen-bond acceptors (Lipinski definition) is 5. The zero-order chi connectivity index (χ0) is 15.2. The minimum atomic E-state index is 0.446. The molecule has 0 bridgehead atoms. The summed E-state index contributed by atoms with van der Waals surface area (Å²) in [6.45, 7) is 3.28. The lowest BCUT2D eigenvalue weighted by Crippen LogP contribution is -2.09. The average molecular weight is 399 g/mol. The van der Waals surface area contributed by atoms with Crippen molar-refractivity contribution in [2.45, 2.75) is 13.5 Å². The summed E-state index contributed by atoms with van der Waals surface area (Å²) in [5.41, 5.74) is 1.73. The minimum Gasteiger partial charge on any atom is -0.496 e. The van der Waals surface area contributed by atoms with Crippen LogP contribution in [0.4, 0.5) is 5.82 Å². The Morgan fingerprint density at radius 2 is 1.95 bits per heavy atom. The first-order valence-corrected chi connectivity index (χ1v) is 7.71. The molecule has 2 rings (SSSR count). The van der Waals surface area contributed by atoms with Crippen molar-refractivity contribution in [3.63, 3.8) is 0 Å². The molecule has 0 saturated heterocycles. The van der Waals surface area contributed by atoms with Gasteiger partial charge >= 0.3 is 0 Å². The Morgan fingerprint density at radius 1 is 1.19 bits per heavy atom. The third kappa shape index (κ3) is 3.62. The molecule has 0 aliphatic rings. The van der Waals surface area contributed by atoms with Gasteiger partial charge in [-0.2, -0.15) is 0 Å². The van der Waals surface area contributed by atoms with E-state index >= 15 is 0 Å². The molecule has 0 aliphatic heterocycles. The standard InChI is InChI=1S/C15H18IN3O2/c1-4-17-15-13(16)11(9-20-2)18-14(19-15)10-7-5-6-8-12(10)21-3/h5-8H,4,9H2,1-3H3,(H,17,18,19). The van der Waals surface area contributed by atoms with Crippen molar-refractivity contribution in [1.29, 1.82) is 0 Å². The van der Waals surface area contributed by atoms with Gasteiger partial charge in [0.1, 0.15) is 11.6 Å². The van der Waals surface area contributed by atoms with Crippen LogP contribution < -0.4 is 10.1 Å². The van der Waals surface area contributed by atoms with Crippen LogP contribution in [0.5, 0.6) is 5.75 Å². The molecule has 1 aromatic heterocycles. The highest BCUT2D eigenvalue weighted by atomic mass is 127. The van der Waals surface area contributed by atoms with Gasteiger partial charge in [0.25, 0.3) is 0 Å². The molecule has 1 aromatic carbocycles. The van der Waals surface area contributed by atoms with E-state index in [0.29, 0.717) is 12.4 Å². The number of nitrogens with zero attached hydrogens (tertiary/aromatic N) is 2. The first kappa shape index (κ1) is 16.0. The Morgan fingerprint density at radius 3 is 2.62 bits per heavy atom. The third-order valence-electron chi connectivity index (χ3n) is 2.89. The molecule has 1 heterocycles. The molecular formula is C15H18IN3O2. The van der Waals surface area contributed by atoms with Crippen molar-refractivity contribution < 1.29 is 9.47 Å². The van der Waals surface area contributed by atoms with E-state index in [9.17, 15) is 0 Å². The summed E-state index contributed by atoms with van der Waals surface area (Å²) in [5, 5.41) is 3.27. The van der Waals surface area contributed by atoms with Gasteiger partial charge in [0.2, 0.25) is 0 Å². The zero-order valence-corrected chi connectivity index (χ0v) is 14.5. The molecule has 5 nitrogen and oxygen atoms in total. The SMILES string of the molecule is CCNc1nc(-c2ccccc2OC)nc(COC)c1I. The van der Waals surface area contributed by atoms with Gasteiger partial charge < -0.3 is 14.8 Å². The van der Waals surface area contributed by atoms with E-state index < -0.39 is 0 Å². The molecule has 0 fully saturated rings. The summed E-state index contributed by atoms with van der Waals surface area (Å²) >= 11 is 2.24. The number of rotatable bonds is 6. The summed E-state index contributed by atoms with van der Waals surface area (Å²) < 4.78 is 11.6. The van der Waals surface area contributed by atoms with Crippen LogP contribution in [0, 0.1) is 3.57 Å². The maximum Gasteiger partial charge on any atom is 0.165 e. The molecule has 21 heavy (non-hydrogen) atoms. The van der Waals surface area contributed by atoms with Gasteiger partial charge in [-0.25, -0.2) is 9.97 Å². The topological polar surface area (TPSA) is 56.3 Å². The van der Waals surface area contributed by atoms with Gasteiger partial charge in [0.05, 0.1) is 28.5 Å². The Bertz CT molecular complexity index is 593. The molecule has 0 amide bonds. The van der Waals surface area contributed by atoms with Crippen LogP contribution in [-0.4, -0.2) is 30.7 Å². The number of ether oxygens (including phenoxy) is 2. The summed E-state index contributed by atoms with van der Waals surface area (Å²) in [6.07, 6.45) is 0. The van der Waals surface area contributed by atoms with Crippen molar-refractivity contribution in [3.05, 3.63) is 33.5 Å². The number of halogens is 1. The number of para-hydroxylation sites is 1. The fourth-order valence-electron chi connectivity index (χ4n) is 1.96. The second-order valence-electron chi connectivity index (χ2n) is 4.32. The number of nitrogens with one attached hydrogen (secondary N) is 1. The smallest absolute Gasteiger partial charge is 0.165 e. The van der Waals surface area contributed by atoms with E-state index in [1.807, 2.05) is 31.2 Å². The molecule has 0 unspecified atom stereocenters. The second-order valence-corrected chi connectivity index (χ2v) is 5.40. The number of methoxy groups -OCH3 is 2. The highest BCUT2D eigenvalue weighted by Gasteiger charge is 2.15. The Kier molecular flexibility index (Phi) is 5.75. The minimum absolute atomic E-state index is 0.446. The van der Waals surface area contributed by atoms with Crippen LogP contribution >= 0.6 is 22.6 Å². The van der Waals surface area contributed by atoms with E-state index in [2.05, 4.69) is 37.9 Å². The average Bonchev–Trinajstić information content (AvgIpc) is 2.51. The lowest BCUT2D eigenvalue weighted by molar-refractivity contribution is 0.181. The molecule has 0 atom stereocenters. The van der Waals surface area contributed by atoms with Gasteiger partial charge in [0.15, 0.2) is 5.82 Å². The second kappa shape index (κ2) is 7.56. The van der Waals surface area contributed by atoms with Crippen molar-refractivity contribution in [1.82, 2.24) is 9.97 Å². The Labute approximate surface area is 138 Å². The Hall–Kier alpha value is -1.41. The van der Waals surface area contributed by atoms with E-state index in [4.69, 9.17) is 9.47 Å². The quantitative estimate of drug-likeness (QED) is 0.756. The summed E-state index contributed by atoms with van der Waals surface area (Å²) in [7, 11) is 3.31. The van der Waals surface area contributed by atoms with Gasteiger partial charge in [-0.15, -0.1) is 0 Å². The molecule has 6 heteroatoms. The maximum atomic E-state index is 5.40. The van der Waals surface area contributed by atoms with Crippen molar-refractivity contribution in [2.24, 2.45) is 0 Å². The number of benzene rings is 1. The highest BCUT2D eigenvalue weighted by molar-refractivity contribution is 14.1. The lowest BCUT2D eigenvalue weighted by atomic mass is 10.2. The molecule has 0 spiro atoms.